The van der Waals surface area contributed by atoms with Crippen LogP contribution in [0.3, 0.4) is 0 Å². The van der Waals surface area contributed by atoms with Crippen molar-refractivity contribution in [2.75, 3.05) is 26.3 Å². The highest BCUT2D eigenvalue weighted by atomic mass is 16.5. The zero-order chi connectivity index (χ0) is 17.9. The van der Waals surface area contributed by atoms with Gasteiger partial charge >= 0.3 is 0 Å². The number of ether oxygens (including phenoxy) is 1. The molecule has 1 aromatic carbocycles. The Hall–Kier alpha value is -3.16. The molecule has 126 valence electrons. The van der Waals surface area contributed by atoms with Crippen molar-refractivity contribution < 1.29 is 9.53 Å². The van der Waals surface area contributed by atoms with Crippen LogP contribution in [0.5, 0.6) is 0 Å². The van der Waals surface area contributed by atoms with Gasteiger partial charge in [0, 0.05) is 25.1 Å². The lowest BCUT2D eigenvalue weighted by atomic mass is 9.76. The molecule has 2 heterocycles. The van der Waals surface area contributed by atoms with Gasteiger partial charge in [0.1, 0.15) is 23.3 Å². The van der Waals surface area contributed by atoms with Gasteiger partial charge in [0.2, 0.25) is 0 Å². The van der Waals surface area contributed by atoms with E-state index in [9.17, 15) is 15.3 Å². The van der Waals surface area contributed by atoms with Gasteiger partial charge in [-0.25, -0.2) is 4.99 Å². The molecule has 7 nitrogen and oxygen atoms in total. The van der Waals surface area contributed by atoms with E-state index in [1.807, 2.05) is 17.0 Å². The largest absolute Gasteiger partial charge is 0.383 e. The normalized spacial score (nSPS) is 23.0. The van der Waals surface area contributed by atoms with Gasteiger partial charge in [-0.1, -0.05) is 30.3 Å². The van der Waals surface area contributed by atoms with E-state index >= 15 is 0 Å². The Labute approximate surface area is 145 Å². The van der Waals surface area contributed by atoms with Crippen LogP contribution in [0.2, 0.25) is 0 Å². The minimum Gasteiger partial charge on any atom is -0.383 e. The quantitative estimate of drug-likeness (QED) is 0.830. The molecule has 0 spiro atoms. The van der Waals surface area contributed by atoms with Crippen molar-refractivity contribution in [1.29, 1.82) is 10.5 Å². The second-order valence-corrected chi connectivity index (χ2v) is 5.89. The van der Waals surface area contributed by atoms with E-state index in [4.69, 9.17) is 10.5 Å². The summed E-state index contributed by atoms with van der Waals surface area (Å²) in [6.45, 7) is 2.06. The molecule has 0 radical (unpaired) electrons. The van der Waals surface area contributed by atoms with Crippen LogP contribution in [0.1, 0.15) is 16.8 Å². The average molecular weight is 335 g/mol. The molecule has 0 aliphatic carbocycles. The summed E-state index contributed by atoms with van der Waals surface area (Å²) in [7, 11) is 0. The number of nitrogens with zero attached hydrogens (tertiary/aromatic N) is 4. The van der Waals surface area contributed by atoms with Crippen LogP contribution in [0.25, 0.3) is 0 Å². The lowest BCUT2D eigenvalue weighted by Gasteiger charge is -2.35. The minimum atomic E-state index is -1.46. The number of hydrogen-bond donors (Lipinski definition) is 1. The van der Waals surface area contributed by atoms with Crippen LogP contribution in [-0.4, -0.2) is 42.8 Å². The monoisotopic (exact) mass is 335 g/mol. The second-order valence-electron chi connectivity index (χ2n) is 5.89. The fourth-order valence-electron chi connectivity index (χ4n) is 3.14. The summed E-state index contributed by atoms with van der Waals surface area (Å²) >= 11 is 0. The summed E-state index contributed by atoms with van der Waals surface area (Å²) in [5, 5.41) is 19.5. The number of amidine groups is 1. The van der Waals surface area contributed by atoms with Crippen molar-refractivity contribution >= 4 is 11.6 Å². The Bertz CT molecular complexity index is 825. The Kier molecular flexibility index (Phi) is 4.51. The van der Waals surface area contributed by atoms with Crippen molar-refractivity contribution in [2.45, 2.75) is 6.42 Å². The molecule has 1 aromatic rings. The SMILES string of the molecule is N#CC1=C(N)N=C(N2CCOCC2)C1(C#N)CC(=O)c1ccccc1. The third-order valence-electron chi connectivity index (χ3n) is 4.43. The Morgan fingerprint density at radius 3 is 2.56 bits per heavy atom. The number of benzene rings is 1. The number of hydrogen-bond acceptors (Lipinski definition) is 7. The highest BCUT2D eigenvalue weighted by Crippen LogP contribution is 2.41. The van der Waals surface area contributed by atoms with Gasteiger partial charge in [0.05, 0.1) is 19.3 Å². The molecule has 3 rings (SSSR count). The molecule has 2 N–H and O–H groups in total. The first-order valence-corrected chi connectivity index (χ1v) is 7.94. The van der Waals surface area contributed by atoms with Gasteiger partial charge in [-0.05, 0) is 0 Å². The molecule has 0 bridgehead atoms. The number of Topliss-reactive ketones (excluding diaryl/α,β-unsaturated/α-hetero) is 1. The van der Waals surface area contributed by atoms with Crippen molar-refractivity contribution in [3.8, 4) is 12.1 Å². The predicted molar refractivity (Wildman–Crippen MR) is 90.1 cm³/mol. The first-order valence-electron chi connectivity index (χ1n) is 7.94. The first kappa shape index (κ1) is 16.7. The van der Waals surface area contributed by atoms with Gasteiger partial charge < -0.3 is 15.4 Å². The summed E-state index contributed by atoms with van der Waals surface area (Å²) in [6, 6.07) is 12.9. The van der Waals surface area contributed by atoms with Crippen molar-refractivity contribution in [3.05, 3.63) is 47.3 Å². The third-order valence-corrected chi connectivity index (χ3v) is 4.43. The third kappa shape index (κ3) is 2.86. The van der Waals surface area contributed by atoms with Crippen molar-refractivity contribution in [3.63, 3.8) is 0 Å². The molecule has 1 unspecified atom stereocenters. The molecule has 0 saturated carbocycles. The fourth-order valence-corrected chi connectivity index (χ4v) is 3.14. The van der Waals surface area contributed by atoms with Gasteiger partial charge in [-0.2, -0.15) is 10.5 Å². The molecule has 1 saturated heterocycles. The average Bonchev–Trinajstić information content (AvgIpc) is 2.94. The zero-order valence-corrected chi connectivity index (χ0v) is 13.6. The van der Waals surface area contributed by atoms with E-state index in [1.165, 1.54) is 0 Å². The maximum Gasteiger partial charge on any atom is 0.165 e. The standard InChI is InChI=1S/C18H17N5O2/c19-11-14-16(21)22-17(23-6-8-25-9-7-23)18(14,12-20)10-15(24)13-4-2-1-3-5-13/h1-5H,6-10,21H2. The predicted octanol–water partition coefficient (Wildman–Crippen LogP) is 1.21. The number of carbonyl (C=O) groups excluding carboxylic acids is 1. The number of aliphatic imine (C=N–C) groups is 1. The van der Waals surface area contributed by atoms with Crippen LogP contribution >= 0.6 is 0 Å². The summed E-state index contributed by atoms with van der Waals surface area (Å²) in [4.78, 5) is 18.9. The molecule has 1 fully saturated rings. The molecular weight excluding hydrogens is 318 g/mol. The number of nitrogens with two attached hydrogens (primary N) is 1. The summed E-state index contributed by atoms with van der Waals surface area (Å²) < 4.78 is 5.34. The lowest BCUT2D eigenvalue weighted by Crippen LogP contribution is -2.48. The minimum absolute atomic E-state index is 0.00593. The van der Waals surface area contributed by atoms with E-state index in [-0.39, 0.29) is 23.6 Å². The molecule has 0 aromatic heterocycles. The Balaban J connectivity index is 1.99. The van der Waals surface area contributed by atoms with Crippen LogP contribution in [0, 0.1) is 28.1 Å². The fraction of sp³-hybridized carbons (Fsp3) is 0.333. The molecule has 2 aliphatic heterocycles. The summed E-state index contributed by atoms with van der Waals surface area (Å²) in [5.41, 5.74) is 4.98. The van der Waals surface area contributed by atoms with Crippen molar-refractivity contribution in [1.82, 2.24) is 4.90 Å². The van der Waals surface area contributed by atoms with E-state index in [0.717, 1.165) is 0 Å². The van der Waals surface area contributed by atoms with Gasteiger partial charge in [0.25, 0.3) is 0 Å². The molecule has 1 atom stereocenters. The number of rotatable bonds is 3. The molecule has 0 amide bonds. The number of ketones is 1. The maximum atomic E-state index is 12.7. The van der Waals surface area contributed by atoms with E-state index < -0.39 is 5.41 Å². The number of nitriles is 2. The highest BCUT2D eigenvalue weighted by Gasteiger charge is 2.50. The van der Waals surface area contributed by atoms with Crippen LogP contribution in [0.4, 0.5) is 0 Å². The first-order chi connectivity index (χ1) is 12.1. The molecule has 25 heavy (non-hydrogen) atoms. The van der Waals surface area contributed by atoms with Gasteiger partial charge in [-0.3, -0.25) is 4.79 Å². The molecule has 7 heteroatoms. The molecule has 2 aliphatic rings. The number of carbonyl (C=O) groups is 1. The zero-order valence-electron chi connectivity index (χ0n) is 13.6. The van der Waals surface area contributed by atoms with E-state index in [1.54, 1.807) is 24.3 Å². The van der Waals surface area contributed by atoms with E-state index in [0.29, 0.717) is 37.7 Å². The maximum absolute atomic E-state index is 12.7. The smallest absolute Gasteiger partial charge is 0.165 e. The highest BCUT2D eigenvalue weighted by molar-refractivity contribution is 6.05. The van der Waals surface area contributed by atoms with Crippen molar-refractivity contribution in [2.24, 2.45) is 16.1 Å². The Morgan fingerprint density at radius 2 is 1.96 bits per heavy atom. The van der Waals surface area contributed by atoms with Crippen LogP contribution in [-0.2, 0) is 4.74 Å². The Morgan fingerprint density at radius 1 is 1.28 bits per heavy atom. The van der Waals surface area contributed by atoms with E-state index in [2.05, 4.69) is 11.1 Å². The topological polar surface area (TPSA) is 116 Å². The number of morpholine rings is 1. The second kappa shape index (κ2) is 6.76. The lowest BCUT2D eigenvalue weighted by molar-refractivity contribution is 0.0652. The summed E-state index contributed by atoms with van der Waals surface area (Å²) in [6.07, 6.45) is -0.173. The van der Waals surface area contributed by atoms with Gasteiger partial charge in [0.15, 0.2) is 11.2 Å². The van der Waals surface area contributed by atoms with Crippen LogP contribution < -0.4 is 5.73 Å². The van der Waals surface area contributed by atoms with Gasteiger partial charge in [-0.15, -0.1) is 0 Å². The van der Waals surface area contributed by atoms with Crippen LogP contribution in [0.15, 0.2) is 46.7 Å². The molecular formula is C18H17N5O2. The summed E-state index contributed by atoms with van der Waals surface area (Å²) in [5.74, 6) is 0.147.